The van der Waals surface area contributed by atoms with Crippen molar-refractivity contribution in [2.45, 2.75) is 6.92 Å². The molecule has 0 amide bonds. The minimum absolute atomic E-state index is 1.27. The third-order valence-electron chi connectivity index (χ3n) is 6.17. The van der Waals surface area contributed by atoms with Crippen molar-refractivity contribution in [3.8, 4) is 22.3 Å². The van der Waals surface area contributed by atoms with Crippen molar-refractivity contribution in [3.63, 3.8) is 0 Å². The van der Waals surface area contributed by atoms with E-state index in [4.69, 9.17) is 0 Å². The standard InChI is InChI=1S/C29H20/c1-19-12-13-22-14-15-24-23(20-8-4-2-5-9-20)16-17-25-27(21-10-6-3-7-11-21)18-26(19)28(22)29(24)25/h2-18H,1H3. The van der Waals surface area contributed by atoms with Crippen LogP contribution in [0.4, 0.5) is 0 Å². The van der Waals surface area contributed by atoms with E-state index in [2.05, 4.69) is 110 Å². The van der Waals surface area contributed by atoms with Crippen LogP contribution in [0.2, 0.25) is 0 Å². The van der Waals surface area contributed by atoms with Crippen molar-refractivity contribution < 1.29 is 0 Å². The first-order valence-electron chi connectivity index (χ1n) is 10.1. The molecule has 0 radical (unpaired) electrons. The molecule has 0 aliphatic carbocycles. The van der Waals surface area contributed by atoms with E-state index in [1.165, 1.54) is 60.1 Å². The van der Waals surface area contributed by atoms with E-state index in [0.717, 1.165) is 0 Å². The topological polar surface area (TPSA) is 0 Å². The van der Waals surface area contributed by atoms with Gasteiger partial charge in [-0.2, -0.15) is 0 Å². The van der Waals surface area contributed by atoms with E-state index in [9.17, 15) is 0 Å². The maximum atomic E-state index is 2.39. The SMILES string of the molecule is Cc1ccc2ccc3c(-c4ccccc4)ccc4c(-c5ccccc5)cc1c2c34. The van der Waals surface area contributed by atoms with E-state index < -0.39 is 0 Å². The summed E-state index contributed by atoms with van der Waals surface area (Å²) in [4.78, 5) is 0. The van der Waals surface area contributed by atoms with Gasteiger partial charge >= 0.3 is 0 Å². The Morgan fingerprint density at radius 2 is 1.03 bits per heavy atom. The highest BCUT2D eigenvalue weighted by Gasteiger charge is 2.16. The van der Waals surface area contributed by atoms with Crippen LogP contribution in [-0.2, 0) is 0 Å². The molecule has 0 bridgehead atoms. The summed E-state index contributed by atoms with van der Waals surface area (Å²) in [7, 11) is 0. The van der Waals surface area contributed by atoms with Gasteiger partial charge in [-0.05, 0) is 73.1 Å². The molecular formula is C29H20. The summed E-state index contributed by atoms with van der Waals surface area (Å²) in [6, 6.07) is 37.6. The van der Waals surface area contributed by atoms with Gasteiger partial charge in [-0.15, -0.1) is 0 Å². The number of rotatable bonds is 2. The first-order chi connectivity index (χ1) is 14.3. The summed E-state index contributed by atoms with van der Waals surface area (Å²) in [6.07, 6.45) is 0. The zero-order valence-corrected chi connectivity index (χ0v) is 16.3. The van der Waals surface area contributed by atoms with Crippen molar-refractivity contribution >= 4 is 32.3 Å². The van der Waals surface area contributed by atoms with E-state index in [0.29, 0.717) is 0 Å². The molecular weight excluding hydrogens is 348 g/mol. The second-order valence-electron chi connectivity index (χ2n) is 7.83. The Morgan fingerprint density at radius 1 is 0.448 bits per heavy atom. The Bertz CT molecular complexity index is 1470. The molecule has 0 N–H and O–H groups in total. The van der Waals surface area contributed by atoms with Gasteiger partial charge in [-0.25, -0.2) is 0 Å². The number of aryl methyl sites for hydroxylation is 1. The number of hydrogen-bond acceptors (Lipinski definition) is 0. The first-order valence-corrected chi connectivity index (χ1v) is 10.1. The van der Waals surface area contributed by atoms with Gasteiger partial charge in [0.1, 0.15) is 0 Å². The van der Waals surface area contributed by atoms with Gasteiger partial charge in [0.25, 0.3) is 0 Å². The molecule has 0 saturated heterocycles. The Hall–Kier alpha value is -3.64. The molecule has 0 aliphatic rings. The summed E-state index contributed by atoms with van der Waals surface area (Å²) in [5.41, 5.74) is 6.47. The maximum Gasteiger partial charge on any atom is -0.00142 e. The highest BCUT2D eigenvalue weighted by atomic mass is 14.2. The van der Waals surface area contributed by atoms with Crippen LogP contribution in [0.25, 0.3) is 54.6 Å². The fraction of sp³-hybridized carbons (Fsp3) is 0.0345. The molecule has 0 nitrogen and oxygen atoms in total. The first kappa shape index (κ1) is 16.3. The number of benzene rings is 6. The molecule has 29 heavy (non-hydrogen) atoms. The van der Waals surface area contributed by atoms with Crippen molar-refractivity contribution in [3.05, 3.63) is 109 Å². The molecule has 0 spiro atoms. The molecule has 0 heterocycles. The lowest BCUT2D eigenvalue weighted by Gasteiger charge is -2.18. The van der Waals surface area contributed by atoms with Gasteiger partial charge in [0.15, 0.2) is 0 Å². The van der Waals surface area contributed by atoms with Crippen LogP contribution in [-0.4, -0.2) is 0 Å². The van der Waals surface area contributed by atoms with Crippen LogP contribution in [0.3, 0.4) is 0 Å². The van der Waals surface area contributed by atoms with Gasteiger partial charge < -0.3 is 0 Å². The monoisotopic (exact) mass is 368 g/mol. The molecule has 0 atom stereocenters. The highest BCUT2D eigenvalue weighted by Crippen LogP contribution is 2.44. The lowest BCUT2D eigenvalue weighted by atomic mass is 9.85. The largest absolute Gasteiger partial charge is 0.0622 e. The molecule has 136 valence electrons. The van der Waals surface area contributed by atoms with Crippen LogP contribution in [0, 0.1) is 6.92 Å². The minimum Gasteiger partial charge on any atom is -0.0622 e. The molecule has 0 fully saturated rings. The summed E-state index contributed by atoms with van der Waals surface area (Å²) in [5, 5.41) is 8.08. The minimum atomic E-state index is 1.27. The summed E-state index contributed by atoms with van der Waals surface area (Å²) >= 11 is 0. The normalized spacial score (nSPS) is 11.6. The van der Waals surface area contributed by atoms with Crippen molar-refractivity contribution in [1.82, 2.24) is 0 Å². The van der Waals surface area contributed by atoms with Gasteiger partial charge in [-0.3, -0.25) is 0 Å². The van der Waals surface area contributed by atoms with Crippen molar-refractivity contribution in [2.24, 2.45) is 0 Å². The molecule has 6 rings (SSSR count). The van der Waals surface area contributed by atoms with Crippen LogP contribution >= 0.6 is 0 Å². The second kappa shape index (κ2) is 6.18. The lowest BCUT2D eigenvalue weighted by molar-refractivity contribution is 1.54. The molecule has 6 aromatic carbocycles. The molecule has 0 aliphatic heterocycles. The number of hydrogen-bond donors (Lipinski definition) is 0. The van der Waals surface area contributed by atoms with E-state index in [1.807, 2.05) is 0 Å². The quantitative estimate of drug-likeness (QED) is 0.270. The average Bonchev–Trinajstić information content (AvgIpc) is 2.79. The maximum absolute atomic E-state index is 2.39. The summed E-state index contributed by atoms with van der Waals surface area (Å²) in [6.45, 7) is 2.22. The Labute approximate surface area is 170 Å². The Kier molecular flexibility index (Phi) is 3.48. The predicted molar refractivity (Wildman–Crippen MR) is 126 cm³/mol. The molecule has 0 saturated carbocycles. The van der Waals surface area contributed by atoms with Crippen LogP contribution < -0.4 is 0 Å². The van der Waals surface area contributed by atoms with Crippen molar-refractivity contribution in [2.75, 3.05) is 0 Å². The summed E-state index contributed by atoms with van der Waals surface area (Å²) < 4.78 is 0. The predicted octanol–water partition coefficient (Wildman–Crippen LogP) is 8.23. The third-order valence-corrected chi connectivity index (χ3v) is 6.17. The highest BCUT2D eigenvalue weighted by molar-refractivity contribution is 6.28. The van der Waals surface area contributed by atoms with Gasteiger partial charge in [0.2, 0.25) is 0 Å². The third kappa shape index (κ3) is 2.39. The van der Waals surface area contributed by atoms with Crippen molar-refractivity contribution in [1.29, 1.82) is 0 Å². The second-order valence-corrected chi connectivity index (χ2v) is 7.83. The molecule has 0 heteroatoms. The lowest BCUT2D eigenvalue weighted by Crippen LogP contribution is -1.91. The van der Waals surface area contributed by atoms with Crippen LogP contribution in [0.1, 0.15) is 5.56 Å². The van der Waals surface area contributed by atoms with E-state index >= 15 is 0 Å². The fourth-order valence-electron chi connectivity index (χ4n) is 4.75. The summed E-state index contributed by atoms with van der Waals surface area (Å²) in [5.74, 6) is 0. The smallest absolute Gasteiger partial charge is 0.00142 e. The molecule has 0 unspecified atom stereocenters. The van der Waals surface area contributed by atoms with E-state index in [-0.39, 0.29) is 0 Å². The average molecular weight is 368 g/mol. The van der Waals surface area contributed by atoms with Gasteiger partial charge in [0, 0.05) is 0 Å². The van der Waals surface area contributed by atoms with Crippen LogP contribution in [0.15, 0.2) is 103 Å². The molecule has 6 aromatic rings. The zero-order valence-electron chi connectivity index (χ0n) is 16.3. The Balaban J connectivity index is 1.84. The van der Waals surface area contributed by atoms with Gasteiger partial charge in [-0.1, -0.05) is 97.1 Å². The van der Waals surface area contributed by atoms with Gasteiger partial charge in [0.05, 0.1) is 0 Å². The van der Waals surface area contributed by atoms with E-state index in [1.54, 1.807) is 0 Å². The molecule has 0 aromatic heterocycles. The van der Waals surface area contributed by atoms with Crippen LogP contribution in [0.5, 0.6) is 0 Å². The fourth-order valence-corrected chi connectivity index (χ4v) is 4.75. The Morgan fingerprint density at radius 3 is 1.76 bits per heavy atom. The zero-order chi connectivity index (χ0) is 19.4.